The molecule has 650 valence electrons. The van der Waals surface area contributed by atoms with E-state index in [0.717, 1.165) is 36.4 Å². The summed E-state index contributed by atoms with van der Waals surface area (Å²) >= 11 is 0. The predicted molar refractivity (Wildman–Crippen MR) is 457 cm³/mol. The first kappa shape index (κ1) is 89.3. The standard InChI is InChI=1S/C30H44N8O4.C27H38N8O4.C27H40N8O4/c1-18(2)37(14-8-13-32-28(39)36-20-11-9-19(10-12-20)29(3,4)5)15-21-23-24(42-30(6,7)41-23)27(40-21)38-17-35-22-25(31)33-16-34-26(22)38;1-26(2,3)16-7-9-17(10-8-16)34-25(36)30-12-6-11-29-13-18-20-21(39-27(4,5)38-20)24(37-18)35-15-33-19-22(28)31-14-32-23(19)35;1-16(2)34(12-6-11-29-26(38)33-18-9-7-17(8-10-18)27(3,4)5)13-19-21(36)22(37)25(39-19)35-15-32-20-23(28)30-14-31-24(20)35/h9-12,16-18,21,23-24,27H,8,13-15H2,1-7H3,(H2,31,33,34)(H2,32,36,39);7-10,14-15,18,20-21,24,29H,6,11-13H2,1-5H3,(H2,28,31,32)(H2,30,34,36);7-10,14-16,19,21-22,25,36-37H,6,11-13H2,1-5H3,(H2,28,30,31)(H2,29,33,38)/t21-,23-,24-,27-;18-,20-,21-,24-;19-,21-,22-,25-/m111/s1. The van der Waals surface area contributed by atoms with Crippen molar-refractivity contribution in [1.82, 2.24) is 89.6 Å². The van der Waals surface area contributed by atoms with Crippen molar-refractivity contribution in [2.75, 3.05) is 92.1 Å². The molecular formula is C84H122N24O12. The normalized spacial score (nSPS) is 23.1. The van der Waals surface area contributed by atoms with Gasteiger partial charge in [-0.2, -0.15) is 0 Å². The van der Waals surface area contributed by atoms with Gasteiger partial charge in [0, 0.05) is 81.5 Å². The number of benzene rings is 3. The summed E-state index contributed by atoms with van der Waals surface area (Å²) in [6.45, 7) is 40.8. The molecule has 6 amide bonds. The lowest BCUT2D eigenvalue weighted by atomic mass is 9.87. The summed E-state index contributed by atoms with van der Waals surface area (Å²) in [4.78, 5) is 79.6. The Morgan fingerprint density at radius 2 is 0.758 bits per heavy atom. The van der Waals surface area contributed by atoms with Crippen molar-refractivity contribution >= 4 is 86.1 Å². The van der Waals surface area contributed by atoms with E-state index in [1.54, 1.807) is 17.2 Å². The zero-order valence-corrected chi connectivity index (χ0v) is 71.9. The molecule has 5 saturated heterocycles. The van der Waals surface area contributed by atoms with Crippen LogP contribution in [-0.2, 0) is 49.4 Å². The molecule has 3 aromatic carbocycles. The third kappa shape index (κ3) is 21.8. The Balaban J connectivity index is 0.000000165. The minimum absolute atomic E-state index is 0.0546. The number of carbonyl (C=O) groups is 3. The van der Waals surface area contributed by atoms with Gasteiger partial charge in [-0.05, 0) is 151 Å². The van der Waals surface area contributed by atoms with Crippen LogP contribution in [0.5, 0.6) is 0 Å². The lowest BCUT2D eigenvalue weighted by Crippen LogP contribution is -2.44. The Labute approximate surface area is 700 Å². The van der Waals surface area contributed by atoms with Crippen molar-refractivity contribution in [2.24, 2.45) is 0 Å². The molecule has 5 aliphatic rings. The van der Waals surface area contributed by atoms with Crippen LogP contribution in [0.25, 0.3) is 33.5 Å². The summed E-state index contributed by atoms with van der Waals surface area (Å²) in [5.41, 5.74) is 27.0. The van der Waals surface area contributed by atoms with Crippen LogP contribution in [-0.4, -0.2) is 234 Å². The molecule has 36 heteroatoms. The van der Waals surface area contributed by atoms with Crippen LogP contribution in [0.4, 0.5) is 48.9 Å². The fourth-order valence-corrected chi connectivity index (χ4v) is 15.3. The third-order valence-electron chi connectivity index (χ3n) is 21.9. The second-order valence-electron chi connectivity index (χ2n) is 35.6. The van der Waals surface area contributed by atoms with Gasteiger partial charge in [0.25, 0.3) is 0 Å². The number of rotatable bonds is 26. The largest absolute Gasteiger partial charge is 0.387 e. The minimum Gasteiger partial charge on any atom is -0.387 e. The van der Waals surface area contributed by atoms with Gasteiger partial charge < -0.3 is 97.8 Å². The summed E-state index contributed by atoms with van der Waals surface area (Å²) in [7, 11) is 0. The van der Waals surface area contributed by atoms with Gasteiger partial charge >= 0.3 is 18.1 Å². The minimum atomic E-state index is -1.17. The topological polar surface area (TPSA) is 456 Å². The average molecular weight is 1660 g/mol. The van der Waals surface area contributed by atoms with Crippen LogP contribution in [0.1, 0.15) is 172 Å². The fourth-order valence-electron chi connectivity index (χ4n) is 15.3. The van der Waals surface area contributed by atoms with E-state index in [9.17, 15) is 24.6 Å². The Morgan fingerprint density at radius 3 is 1.12 bits per heavy atom. The molecule has 0 unspecified atom stereocenters. The Kier molecular flexibility index (Phi) is 28.0. The van der Waals surface area contributed by atoms with Gasteiger partial charge in [0.2, 0.25) is 0 Å². The molecule has 14 rings (SSSR count). The molecule has 12 atom stereocenters. The molecule has 0 spiro atoms. The first-order chi connectivity index (χ1) is 56.8. The molecular weight excluding hydrogens is 1540 g/mol. The first-order valence-corrected chi connectivity index (χ1v) is 41.3. The molecule has 0 bridgehead atoms. The monoisotopic (exact) mass is 1660 g/mol. The number of aromatic nitrogens is 12. The molecule has 0 aliphatic carbocycles. The van der Waals surface area contributed by atoms with E-state index >= 15 is 0 Å². The number of ether oxygens (including phenoxy) is 7. The first-order valence-electron chi connectivity index (χ1n) is 41.3. The van der Waals surface area contributed by atoms with Crippen LogP contribution >= 0.6 is 0 Å². The number of amides is 6. The number of anilines is 6. The predicted octanol–water partition coefficient (Wildman–Crippen LogP) is 9.22. The summed E-state index contributed by atoms with van der Waals surface area (Å²) < 4.78 is 49.4. The number of urea groups is 3. The maximum atomic E-state index is 12.5. The number of carbonyl (C=O) groups excluding carboxylic acids is 3. The number of imidazole rings is 3. The molecule has 15 N–H and O–H groups in total. The lowest BCUT2D eigenvalue weighted by molar-refractivity contribution is -0.198. The van der Waals surface area contributed by atoms with Gasteiger partial charge in [0.1, 0.15) is 90.5 Å². The van der Waals surface area contributed by atoms with Crippen molar-refractivity contribution < 1.29 is 57.8 Å². The number of nitrogens with zero attached hydrogens (tertiary/aromatic N) is 14. The van der Waals surface area contributed by atoms with E-state index < -0.39 is 48.6 Å². The van der Waals surface area contributed by atoms with Crippen LogP contribution in [0.15, 0.2) is 111 Å². The molecule has 9 aromatic rings. The molecule has 5 fully saturated rings. The van der Waals surface area contributed by atoms with E-state index in [4.69, 9.17) is 50.4 Å². The highest BCUT2D eigenvalue weighted by molar-refractivity contribution is 5.90. The number of aliphatic hydroxyl groups is 2. The van der Waals surface area contributed by atoms with Crippen molar-refractivity contribution in [1.29, 1.82) is 0 Å². The van der Waals surface area contributed by atoms with Gasteiger partial charge in [-0.25, -0.2) is 59.2 Å². The van der Waals surface area contributed by atoms with Gasteiger partial charge in [-0.15, -0.1) is 0 Å². The van der Waals surface area contributed by atoms with Crippen molar-refractivity contribution in [3.8, 4) is 0 Å². The quantitative estimate of drug-likeness (QED) is 0.0225. The second kappa shape index (κ2) is 37.6. The van der Waals surface area contributed by atoms with Crippen molar-refractivity contribution in [3.63, 3.8) is 0 Å². The van der Waals surface area contributed by atoms with Crippen LogP contribution in [0.3, 0.4) is 0 Å². The van der Waals surface area contributed by atoms with Crippen molar-refractivity contribution in [3.05, 3.63) is 127 Å². The fraction of sp³-hybridized carbons (Fsp3) is 0.571. The van der Waals surface area contributed by atoms with Gasteiger partial charge in [-0.1, -0.05) is 98.7 Å². The number of hydrogen-bond donors (Lipinski definition) is 12. The van der Waals surface area contributed by atoms with Crippen LogP contribution in [0, 0.1) is 0 Å². The molecule has 6 aromatic heterocycles. The average Bonchev–Trinajstić information content (AvgIpc) is 1.59. The molecule has 0 radical (unpaired) electrons. The SMILES string of the molecule is CC(C)N(CCCNC(=O)Nc1ccc(C(C)(C)C)cc1)C[C@H]1O[C@@H](n2cnc3c(N)ncnc32)[C@@H]2OC(C)(C)O[C@@H]21.CC(C)N(CCCNC(=O)Nc1ccc(C(C)(C)C)cc1)C[C@H]1O[C@@H](n2cnc3c(N)ncnc32)[C@H](O)[C@@H]1O.CC1(C)O[C@@H]2[C@H](O1)[C@@H](CNCCCNC(=O)Nc1ccc(C(C)(C)C)cc1)O[C@H]2n1cnc2c(N)ncnc21. The zero-order valence-electron chi connectivity index (χ0n) is 71.9. The molecule has 11 heterocycles. The molecule has 36 nitrogen and oxygen atoms in total. The summed E-state index contributed by atoms with van der Waals surface area (Å²) in [6.07, 6.45) is 4.82. The van der Waals surface area contributed by atoms with Gasteiger partial charge in [0.05, 0.1) is 19.0 Å². The molecule has 0 saturated carbocycles. The lowest BCUT2D eigenvalue weighted by Gasteiger charge is -2.31. The van der Waals surface area contributed by atoms with E-state index in [1.807, 2.05) is 97.5 Å². The van der Waals surface area contributed by atoms with Gasteiger partial charge in [-0.3, -0.25) is 23.5 Å². The number of nitrogen functional groups attached to an aromatic ring is 3. The number of hydrogen-bond acceptors (Lipinski definition) is 27. The van der Waals surface area contributed by atoms with Crippen molar-refractivity contribution in [2.45, 2.75) is 250 Å². The maximum Gasteiger partial charge on any atom is 0.319 e. The van der Waals surface area contributed by atoms with E-state index in [2.05, 4.69) is 194 Å². The van der Waals surface area contributed by atoms with E-state index in [0.29, 0.717) is 104 Å². The highest BCUT2D eigenvalue weighted by atomic mass is 16.8. The van der Waals surface area contributed by atoms with E-state index in [-0.39, 0.29) is 88.9 Å². The smallest absolute Gasteiger partial charge is 0.319 e. The summed E-state index contributed by atoms with van der Waals surface area (Å²) in [5.74, 6) is -0.608. The zero-order chi connectivity index (χ0) is 86.3. The third-order valence-corrected chi connectivity index (χ3v) is 21.9. The summed E-state index contributed by atoms with van der Waals surface area (Å²) in [5, 5.41) is 42.4. The highest BCUT2D eigenvalue weighted by Crippen LogP contribution is 2.46. The number of fused-ring (bicyclic) bond motifs is 5. The Morgan fingerprint density at radius 1 is 0.433 bits per heavy atom. The number of nitrogens with one attached hydrogen (secondary N) is 7. The number of nitrogens with two attached hydrogens (primary N) is 3. The Hall–Kier alpha value is -9.96. The Bertz CT molecular complexity index is 4910. The maximum absolute atomic E-state index is 12.5. The molecule has 120 heavy (non-hydrogen) atoms. The van der Waals surface area contributed by atoms with Crippen LogP contribution in [0.2, 0.25) is 0 Å². The van der Waals surface area contributed by atoms with Crippen LogP contribution < -0.4 is 54.4 Å². The molecule has 5 aliphatic heterocycles. The van der Waals surface area contributed by atoms with Gasteiger partial charge in [0.15, 0.2) is 64.7 Å². The second-order valence-corrected chi connectivity index (χ2v) is 35.6. The highest BCUT2D eigenvalue weighted by Gasteiger charge is 2.58. The number of aliphatic hydroxyl groups excluding tert-OH is 2. The summed E-state index contributed by atoms with van der Waals surface area (Å²) in [6, 6.07) is 23.5. The van der Waals surface area contributed by atoms with E-state index in [1.165, 1.54) is 42.0 Å².